The molecule has 1 amide bonds. The van der Waals surface area contributed by atoms with E-state index in [9.17, 15) is 4.79 Å². The number of aryl methyl sites for hydroxylation is 2. The molecule has 1 fully saturated rings. The molecule has 1 saturated heterocycles. The highest BCUT2D eigenvalue weighted by molar-refractivity contribution is 7.80. The van der Waals surface area contributed by atoms with Crippen molar-refractivity contribution in [1.29, 1.82) is 0 Å². The topological polar surface area (TPSA) is 32.3 Å². The number of para-hydroxylation sites is 1. The quantitative estimate of drug-likeness (QED) is 0.685. The smallest absolute Gasteiger partial charge is 0.281 e. The Labute approximate surface area is 139 Å². The molecule has 0 spiro atoms. The molecule has 0 aliphatic carbocycles. The number of carbonyl (C=O) groups excluding carboxylic acids is 1. The Morgan fingerprint density at radius 3 is 2.73 bits per heavy atom. The Hall–Kier alpha value is -1.98. The van der Waals surface area contributed by atoms with Gasteiger partial charge in [0.15, 0.2) is 5.11 Å². The molecule has 3 rings (SSSR count). The van der Waals surface area contributed by atoms with Gasteiger partial charge in [0, 0.05) is 9.75 Å². The van der Waals surface area contributed by atoms with Gasteiger partial charge in [-0.2, -0.15) is 0 Å². The van der Waals surface area contributed by atoms with Gasteiger partial charge in [-0.3, -0.25) is 9.69 Å². The molecule has 0 unspecified atom stereocenters. The average Bonchev–Trinajstić information content (AvgIpc) is 3.03. The van der Waals surface area contributed by atoms with E-state index in [1.807, 2.05) is 49.4 Å². The van der Waals surface area contributed by atoms with Crippen LogP contribution in [-0.4, -0.2) is 11.0 Å². The monoisotopic (exact) mass is 328 g/mol. The molecule has 1 aromatic carbocycles. The predicted octanol–water partition coefficient (Wildman–Crippen LogP) is 3.88. The Kier molecular flexibility index (Phi) is 4.09. The fourth-order valence-electron chi connectivity index (χ4n) is 2.46. The number of benzene rings is 1. The van der Waals surface area contributed by atoms with Crippen LogP contribution in [0.5, 0.6) is 0 Å². The zero-order valence-corrected chi connectivity index (χ0v) is 14.1. The van der Waals surface area contributed by atoms with Gasteiger partial charge in [-0.15, -0.1) is 11.3 Å². The third kappa shape index (κ3) is 2.69. The van der Waals surface area contributed by atoms with E-state index in [0.29, 0.717) is 10.8 Å². The molecule has 1 aromatic heterocycles. The SMILES string of the molecule is CCc1ccccc1N1C(=O)/C(=C\c2ccc(C)s2)NC1=S. The van der Waals surface area contributed by atoms with Crippen molar-refractivity contribution in [3.8, 4) is 0 Å². The molecule has 1 aliphatic rings. The number of anilines is 1. The molecule has 22 heavy (non-hydrogen) atoms. The highest BCUT2D eigenvalue weighted by Crippen LogP contribution is 2.27. The maximum Gasteiger partial charge on any atom is 0.281 e. The summed E-state index contributed by atoms with van der Waals surface area (Å²) < 4.78 is 0. The van der Waals surface area contributed by atoms with Crippen LogP contribution in [0.15, 0.2) is 42.1 Å². The number of hydrogen-bond acceptors (Lipinski definition) is 3. The maximum absolute atomic E-state index is 12.7. The first-order valence-corrected chi connectivity index (χ1v) is 8.34. The summed E-state index contributed by atoms with van der Waals surface area (Å²) in [5.74, 6) is -0.100. The summed E-state index contributed by atoms with van der Waals surface area (Å²) in [6.07, 6.45) is 2.71. The highest BCUT2D eigenvalue weighted by Gasteiger charge is 2.32. The van der Waals surface area contributed by atoms with Gasteiger partial charge in [0.2, 0.25) is 0 Å². The van der Waals surface area contributed by atoms with E-state index in [4.69, 9.17) is 12.2 Å². The number of hydrogen-bond donors (Lipinski definition) is 1. The summed E-state index contributed by atoms with van der Waals surface area (Å²) in [7, 11) is 0. The summed E-state index contributed by atoms with van der Waals surface area (Å²) in [4.78, 5) is 16.6. The van der Waals surface area contributed by atoms with Gasteiger partial charge in [0.25, 0.3) is 5.91 Å². The van der Waals surface area contributed by atoms with Crippen LogP contribution in [0.2, 0.25) is 0 Å². The van der Waals surface area contributed by atoms with Gasteiger partial charge < -0.3 is 5.32 Å². The van der Waals surface area contributed by atoms with Crippen molar-refractivity contribution < 1.29 is 4.79 Å². The van der Waals surface area contributed by atoms with E-state index >= 15 is 0 Å². The third-order valence-corrected chi connectivity index (χ3v) is 4.77. The second-order valence-corrected chi connectivity index (χ2v) is 6.77. The van der Waals surface area contributed by atoms with Crippen molar-refractivity contribution in [2.24, 2.45) is 0 Å². The van der Waals surface area contributed by atoms with Crippen molar-refractivity contribution in [3.63, 3.8) is 0 Å². The van der Waals surface area contributed by atoms with E-state index in [2.05, 4.69) is 12.2 Å². The van der Waals surface area contributed by atoms with E-state index in [0.717, 1.165) is 22.5 Å². The fourth-order valence-corrected chi connectivity index (χ4v) is 3.57. The van der Waals surface area contributed by atoms with Crippen molar-refractivity contribution in [1.82, 2.24) is 5.32 Å². The number of nitrogens with zero attached hydrogens (tertiary/aromatic N) is 1. The van der Waals surface area contributed by atoms with Crippen LogP contribution < -0.4 is 10.2 Å². The molecule has 0 saturated carbocycles. The zero-order chi connectivity index (χ0) is 15.7. The van der Waals surface area contributed by atoms with Crippen LogP contribution in [0.25, 0.3) is 6.08 Å². The Bertz CT molecular complexity index is 776. The summed E-state index contributed by atoms with van der Waals surface area (Å²) in [6, 6.07) is 11.9. The number of carbonyl (C=O) groups is 1. The predicted molar refractivity (Wildman–Crippen MR) is 96.1 cm³/mol. The highest BCUT2D eigenvalue weighted by atomic mass is 32.1. The lowest BCUT2D eigenvalue weighted by atomic mass is 10.1. The van der Waals surface area contributed by atoms with Crippen molar-refractivity contribution in [3.05, 3.63) is 57.4 Å². The third-order valence-electron chi connectivity index (χ3n) is 3.54. The van der Waals surface area contributed by atoms with Gasteiger partial charge in [0.1, 0.15) is 5.70 Å². The first kappa shape index (κ1) is 14.9. The fraction of sp³-hybridized carbons (Fsp3) is 0.176. The van der Waals surface area contributed by atoms with Gasteiger partial charge in [-0.05, 0) is 55.4 Å². The second kappa shape index (κ2) is 6.02. The summed E-state index contributed by atoms with van der Waals surface area (Å²) >= 11 is 7.01. The molecule has 0 radical (unpaired) electrons. The molecule has 1 aliphatic heterocycles. The normalized spacial score (nSPS) is 16.5. The van der Waals surface area contributed by atoms with Crippen molar-refractivity contribution in [2.45, 2.75) is 20.3 Å². The van der Waals surface area contributed by atoms with Gasteiger partial charge >= 0.3 is 0 Å². The Morgan fingerprint density at radius 2 is 2.05 bits per heavy atom. The molecule has 112 valence electrons. The average molecular weight is 328 g/mol. The van der Waals surface area contributed by atoms with E-state index in [1.54, 1.807) is 16.2 Å². The van der Waals surface area contributed by atoms with Gasteiger partial charge in [0.05, 0.1) is 5.69 Å². The van der Waals surface area contributed by atoms with Gasteiger partial charge in [-0.25, -0.2) is 0 Å². The lowest BCUT2D eigenvalue weighted by Crippen LogP contribution is -2.31. The first-order valence-electron chi connectivity index (χ1n) is 7.11. The number of thiophene rings is 1. The first-order chi connectivity index (χ1) is 10.6. The van der Waals surface area contributed by atoms with Crippen LogP contribution in [0, 0.1) is 6.92 Å². The summed E-state index contributed by atoms with van der Waals surface area (Å²) in [5, 5.41) is 3.47. The Morgan fingerprint density at radius 1 is 1.27 bits per heavy atom. The molecule has 0 atom stereocenters. The molecular formula is C17H16N2OS2. The number of thiocarbonyl (C=S) groups is 1. The largest absolute Gasteiger partial charge is 0.327 e. The van der Waals surface area contributed by atoms with E-state index in [1.165, 1.54) is 4.88 Å². The number of nitrogens with one attached hydrogen (secondary N) is 1. The van der Waals surface area contributed by atoms with Crippen molar-refractivity contribution in [2.75, 3.05) is 4.90 Å². The van der Waals surface area contributed by atoms with Gasteiger partial charge in [-0.1, -0.05) is 25.1 Å². The molecule has 1 N–H and O–H groups in total. The molecule has 0 bridgehead atoms. The van der Waals surface area contributed by atoms with Crippen LogP contribution in [0.3, 0.4) is 0 Å². The maximum atomic E-state index is 12.7. The molecule has 2 aromatic rings. The summed E-state index contributed by atoms with van der Waals surface area (Å²) in [5.41, 5.74) is 2.49. The Balaban J connectivity index is 1.97. The minimum Gasteiger partial charge on any atom is -0.327 e. The van der Waals surface area contributed by atoms with E-state index < -0.39 is 0 Å². The van der Waals surface area contributed by atoms with Crippen LogP contribution in [0.4, 0.5) is 5.69 Å². The molecule has 5 heteroatoms. The zero-order valence-electron chi connectivity index (χ0n) is 12.4. The minimum absolute atomic E-state index is 0.100. The van der Waals surface area contributed by atoms with E-state index in [-0.39, 0.29) is 5.91 Å². The van der Waals surface area contributed by atoms with Crippen LogP contribution >= 0.6 is 23.6 Å². The minimum atomic E-state index is -0.100. The lowest BCUT2D eigenvalue weighted by molar-refractivity contribution is -0.113. The number of rotatable bonds is 3. The molecule has 2 heterocycles. The second-order valence-electron chi connectivity index (χ2n) is 5.06. The van der Waals surface area contributed by atoms with Crippen LogP contribution in [-0.2, 0) is 11.2 Å². The summed E-state index contributed by atoms with van der Waals surface area (Å²) in [6.45, 7) is 4.12. The standard InChI is InChI=1S/C17H16N2OS2/c1-3-12-6-4-5-7-15(12)19-16(20)14(18-17(19)21)10-13-9-8-11(2)22-13/h4-10H,3H2,1-2H3,(H,18,21)/b14-10+. The number of amides is 1. The molecular weight excluding hydrogens is 312 g/mol. The lowest BCUT2D eigenvalue weighted by Gasteiger charge is -2.17. The molecule has 3 nitrogen and oxygen atoms in total. The van der Waals surface area contributed by atoms with Crippen molar-refractivity contribution >= 4 is 46.3 Å². The van der Waals surface area contributed by atoms with Crippen LogP contribution in [0.1, 0.15) is 22.2 Å².